The second-order valence-electron chi connectivity index (χ2n) is 7.37. The smallest absolute Gasteiger partial charge is 0.410 e. The van der Waals surface area contributed by atoms with E-state index in [0.29, 0.717) is 27.9 Å². The Morgan fingerprint density at radius 3 is 2.48 bits per heavy atom. The quantitative estimate of drug-likeness (QED) is 0.891. The van der Waals surface area contributed by atoms with Gasteiger partial charge in [-0.2, -0.15) is 0 Å². The molecule has 0 spiro atoms. The molecule has 3 rings (SSSR count). The van der Waals surface area contributed by atoms with Crippen LogP contribution in [0.15, 0.2) is 18.2 Å². The van der Waals surface area contributed by atoms with Gasteiger partial charge in [0, 0.05) is 25.7 Å². The Hall–Kier alpha value is -0.970. The topological polar surface area (TPSA) is 41.6 Å². The van der Waals surface area contributed by atoms with Crippen molar-refractivity contribution in [3.8, 4) is 0 Å². The standard InChI is InChI=1S/C17H22Cl2N2O2/c1-17(2,3)23-16(22)21-8-11-12(9-21)15(11)20-7-10-4-5-13(18)14(19)6-10/h4-6,11-12,15,20H,7-9H2,1-3H3. The molecule has 1 amide bonds. The lowest BCUT2D eigenvalue weighted by Crippen LogP contribution is -2.39. The number of carbonyl (C=O) groups is 1. The van der Waals surface area contributed by atoms with Crippen LogP contribution in [0.5, 0.6) is 0 Å². The van der Waals surface area contributed by atoms with Crippen molar-refractivity contribution in [2.75, 3.05) is 13.1 Å². The van der Waals surface area contributed by atoms with Gasteiger partial charge in [-0.25, -0.2) is 4.79 Å². The molecule has 23 heavy (non-hydrogen) atoms. The fraction of sp³-hybridized carbons (Fsp3) is 0.588. The second-order valence-corrected chi connectivity index (χ2v) is 8.18. The van der Waals surface area contributed by atoms with Crippen LogP contribution in [0.25, 0.3) is 0 Å². The molecule has 0 aromatic heterocycles. The van der Waals surface area contributed by atoms with Gasteiger partial charge in [-0.3, -0.25) is 0 Å². The summed E-state index contributed by atoms with van der Waals surface area (Å²) in [7, 11) is 0. The van der Waals surface area contributed by atoms with Crippen LogP contribution in [-0.2, 0) is 11.3 Å². The molecule has 2 aliphatic rings. The maximum Gasteiger partial charge on any atom is 0.410 e. The number of rotatable bonds is 3. The molecule has 1 aliphatic carbocycles. The van der Waals surface area contributed by atoms with E-state index in [1.54, 1.807) is 0 Å². The van der Waals surface area contributed by atoms with Crippen molar-refractivity contribution in [3.63, 3.8) is 0 Å². The van der Waals surface area contributed by atoms with E-state index in [-0.39, 0.29) is 6.09 Å². The Kier molecular flexibility index (Phi) is 4.51. The van der Waals surface area contributed by atoms with E-state index in [9.17, 15) is 4.79 Å². The Bertz CT molecular complexity index is 603. The van der Waals surface area contributed by atoms with Crippen molar-refractivity contribution in [2.45, 2.75) is 39.0 Å². The van der Waals surface area contributed by atoms with Crippen LogP contribution in [0.2, 0.25) is 10.0 Å². The van der Waals surface area contributed by atoms with E-state index < -0.39 is 5.60 Å². The predicted molar refractivity (Wildman–Crippen MR) is 91.9 cm³/mol. The minimum absolute atomic E-state index is 0.201. The molecule has 2 atom stereocenters. The van der Waals surface area contributed by atoms with Gasteiger partial charge in [0.05, 0.1) is 10.0 Å². The summed E-state index contributed by atoms with van der Waals surface area (Å²) < 4.78 is 5.42. The van der Waals surface area contributed by atoms with E-state index in [2.05, 4.69) is 5.32 Å². The molecule has 1 aromatic rings. The number of piperidine rings is 1. The highest BCUT2D eigenvalue weighted by molar-refractivity contribution is 6.42. The van der Waals surface area contributed by atoms with E-state index in [0.717, 1.165) is 25.2 Å². The first-order valence-electron chi connectivity index (χ1n) is 7.90. The van der Waals surface area contributed by atoms with Crippen LogP contribution >= 0.6 is 23.2 Å². The fourth-order valence-corrected chi connectivity index (χ4v) is 3.51. The van der Waals surface area contributed by atoms with Crippen molar-refractivity contribution in [1.82, 2.24) is 10.2 Å². The molecule has 1 saturated carbocycles. The van der Waals surface area contributed by atoms with Crippen molar-refractivity contribution >= 4 is 29.3 Å². The summed E-state index contributed by atoms with van der Waals surface area (Å²) in [5.74, 6) is 1.07. The molecule has 6 heteroatoms. The Balaban J connectivity index is 1.45. The molecule has 1 saturated heterocycles. The van der Waals surface area contributed by atoms with Crippen molar-refractivity contribution in [2.24, 2.45) is 11.8 Å². The summed E-state index contributed by atoms with van der Waals surface area (Å²) in [5, 5.41) is 4.71. The molecular weight excluding hydrogens is 335 g/mol. The lowest BCUT2D eigenvalue weighted by atomic mass is 10.2. The van der Waals surface area contributed by atoms with E-state index >= 15 is 0 Å². The van der Waals surface area contributed by atoms with Gasteiger partial charge < -0.3 is 15.0 Å². The lowest BCUT2D eigenvalue weighted by Gasteiger charge is -2.26. The highest BCUT2D eigenvalue weighted by atomic mass is 35.5. The number of benzene rings is 1. The third-order valence-electron chi connectivity index (χ3n) is 4.37. The van der Waals surface area contributed by atoms with Gasteiger partial charge in [0.1, 0.15) is 5.60 Å². The van der Waals surface area contributed by atoms with Crippen molar-refractivity contribution < 1.29 is 9.53 Å². The highest BCUT2D eigenvalue weighted by Crippen LogP contribution is 2.46. The zero-order valence-electron chi connectivity index (χ0n) is 13.6. The van der Waals surface area contributed by atoms with Gasteiger partial charge in [-0.15, -0.1) is 0 Å². The van der Waals surface area contributed by atoms with Crippen LogP contribution in [0.3, 0.4) is 0 Å². The summed E-state index contributed by atoms with van der Waals surface area (Å²) in [4.78, 5) is 13.9. The number of nitrogens with one attached hydrogen (secondary N) is 1. The van der Waals surface area contributed by atoms with Crippen LogP contribution < -0.4 is 5.32 Å². The van der Waals surface area contributed by atoms with E-state index in [1.807, 2.05) is 43.9 Å². The maximum absolute atomic E-state index is 12.0. The third kappa shape index (κ3) is 3.93. The lowest BCUT2D eigenvalue weighted by molar-refractivity contribution is 0.0269. The first-order chi connectivity index (χ1) is 10.7. The molecule has 1 aromatic carbocycles. The monoisotopic (exact) mass is 356 g/mol. The first kappa shape index (κ1) is 16.9. The summed E-state index contributed by atoms with van der Waals surface area (Å²) >= 11 is 12.0. The number of nitrogens with zero attached hydrogens (tertiary/aromatic N) is 1. The molecule has 2 unspecified atom stereocenters. The number of likely N-dealkylation sites (tertiary alicyclic amines) is 1. The fourth-order valence-electron chi connectivity index (χ4n) is 3.19. The van der Waals surface area contributed by atoms with Crippen LogP contribution in [-0.4, -0.2) is 35.7 Å². The predicted octanol–water partition coefficient (Wildman–Crippen LogP) is 3.95. The van der Waals surface area contributed by atoms with Gasteiger partial charge in [-0.1, -0.05) is 29.3 Å². The summed E-state index contributed by atoms with van der Waals surface area (Å²) in [6, 6.07) is 6.16. The Morgan fingerprint density at radius 2 is 1.91 bits per heavy atom. The number of hydrogen-bond acceptors (Lipinski definition) is 3. The van der Waals surface area contributed by atoms with Gasteiger partial charge in [0.15, 0.2) is 0 Å². The van der Waals surface area contributed by atoms with Crippen LogP contribution in [0.4, 0.5) is 4.79 Å². The van der Waals surface area contributed by atoms with Gasteiger partial charge >= 0.3 is 6.09 Å². The van der Waals surface area contributed by atoms with E-state index in [1.165, 1.54) is 0 Å². The molecular formula is C17H22Cl2N2O2. The number of carbonyl (C=O) groups excluding carboxylic acids is 1. The normalized spacial score (nSPS) is 26.1. The molecule has 0 bridgehead atoms. The first-order valence-corrected chi connectivity index (χ1v) is 8.65. The number of ether oxygens (including phenoxy) is 1. The largest absolute Gasteiger partial charge is 0.444 e. The maximum atomic E-state index is 12.0. The zero-order valence-corrected chi connectivity index (χ0v) is 15.1. The SMILES string of the molecule is CC(C)(C)OC(=O)N1CC2C(C1)C2NCc1ccc(Cl)c(Cl)c1. The third-order valence-corrected chi connectivity index (χ3v) is 5.11. The minimum Gasteiger partial charge on any atom is -0.444 e. The van der Waals surface area contributed by atoms with Crippen LogP contribution in [0.1, 0.15) is 26.3 Å². The molecule has 4 nitrogen and oxygen atoms in total. The average molecular weight is 357 g/mol. The number of halogens is 2. The number of fused-ring (bicyclic) bond motifs is 1. The molecule has 2 fully saturated rings. The minimum atomic E-state index is -0.435. The average Bonchev–Trinajstić information content (AvgIpc) is 2.89. The Morgan fingerprint density at radius 1 is 1.26 bits per heavy atom. The van der Waals surface area contributed by atoms with Gasteiger partial charge in [0.2, 0.25) is 0 Å². The summed E-state index contributed by atoms with van der Waals surface area (Å²) in [6.07, 6.45) is -0.201. The number of hydrogen-bond donors (Lipinski definition) is 1. The Labute approximate surface area is 147 Å². The van der Waals surface area contributed by atoms with Crippen molar-refractivity contribution in [1.29, 1.82) is 0 Å². The summed E-state index contributed by atoms with van der Waals surface area (Å²) in [5.41, 5.74) is 0.684. The highest BCUT2D eigenvalue weighted by Gasteiger charge is 2.56. The molecule has 126 valence electrons. The second kappa shape index (κ2) is 6.15. The number of amides is 1. The van der Waals surface area contributed by atoms with Crippen LogP contribution in [0, 0.1) is 11.8 Å². The van der Waals surface area contributed by atoms with E-state index in [4.69, 9.17) is 27.9 Å². The van der Waals surface area contributed by atoms with Crippen molar-refractivity contribution in [3.05, 3.63) is 33.8 Å². The zero-order chi connectivity index (χ0) is 16.8. The molecule has 1 N–H and O–H groups in total. The van der Waals surface area contributed by atoms with Gasteiger partial charge in [-0.05, 0) is 50.3 Å². The molecule has 1 heterocycles. The van der Waals surface area contributed by atoms with Gasteiger partial charge in [0.25, 0.3) is 0 Å². The molecule has 0 radical (unpaired) electrons. The summed E-state index contributed by atoms with van der Waals surface area (Å²) in [6.45, 7) is 7.99. The molecule has 1 aliphatic heterocycles.